The number of aryl methyl sites for hydroxylation is 2. The number of sulfone groups is 1. The molecule has 12 heteroatoms. The van der Waals surface area contributed by atoms with Crippen LogP contribution < -0.4 is 0 Å². The summed E-state index contributed by atoms with van der Waals surface area (Å²) in [5.41, 5.74) is 1.57. The number of carbonyl (C=O) groups excluding carboxylic acids is 1. The lowest BCUT2D eigenvalue weighted by Crippen LogP contribution is -2.27. The summed E-state index contributed by atoms with van der Waals surface area (Å²) in [4.78, 5) is 33.4. The van der Waals surface area contributed by atoms with Gasteiger partial charge in [0.1, 0.15) is 11.6 Å². The summed E-state index contributed by atoms with van der Waals surface area (Å²) in [7, 11) is -2.02. The number of fused-ring (bicyclic) bond motifs is 8. The smallest absolute Gasteiger partial charge is 0.306 e. The Morgan fingerprint density at radius 1 is 1.12 bits per heavy atom. The number of carboxylic acid groups (broad SMARTS) is 1. The molecule has 6 rings (SSSR count). The Balaban J connectivity index is 1.50. The Labute approximate surface area is 289 Å². The molecule has 262 valence electrons. The molecule has 0 saturated carbocycles. The van der Waals surface area contributed by atoms with Gasteiger partial charge in [0.05, 0.1) is 28.6 Å². The predicted octanol–water partition coefficient (Wildman–Crippen LogP) is 7.04. The van der Waals surface area contributed by atoms with Crippen LogP contribution in [0.15, 0.2) is 60.8 Å². The maximum Gasteiger partial charge on any atom is 0.306 e. The zero-order chi connectivity index (χ0) is 36.0. The van der Waals surface area contributed by atoms with Crippen molar-refractivity contribution in [1.29, 1.82) is 0 Å². The lowest BCUT2D eigenvalue weighted by atomic mass is 9.85. The monoisotopic (exact) mass is 702 g/mol. The number of ketones is 1. The Kier molecular flexibility index (Phi) is 9.51. The number of aromatic amines is 1. The third kappa shape index (κ3) is 7.26. The summed E-state index contributed by atoms with van der Waals surface area (Å²) in [6.45, 7) is 5.45. The molecule has 3 heterocycles. The molecule has 0 fully saturated rings. The van der Waals surface area contributed by atoms with E-state index in [0.29, 0.717) is 42.4 Å². The van der Waals surface area contributed by atoms with E-state index in [1.54, 1.807) is 26.2 Å². The summed E-state index contributed by atoms with van der Waals surface area (Å²) < 4.78 is 60.0. The number of benzene rings is 3. The van der Waals surface area contributed by atoms with Crippen molar-refractivity contribution < 1.29 is 31.9 Å². The van der Waals surface area contributed by atoms with Crippen LogP contribution >= 0.6 is 0 Å². The van der Waals surface area contributed by atoms with Gasteiger partial charge >= 0.3 is 5.97 Å². The van der Waals surface area contributed by atoms with Gasteiger partial charge in [-0.2, -0.15) is 5.10 Å². The highest BCUT2D eigenvalue weighted by molar-refractivity contribution is 7.91. The normalized spacial score (nSPS) is 18.6. The predicted molar refractivity (Wildman–Crippen MR) is 187 cm³/mol. The molecule has 2 N–H and O–H groups in total. The Morgan fingerprint density at radius 2 is 1.90 bits per heavy atom. The maximum atomic E-state index is 15.8. The van der Waals surface area contributed by atoms with E-state index >= 15 is 8.78 Å². The number of aliphatic carboxylic acids is 1. The number of rotatable bonds is 4. The highest BCUT2D eigenvalue weighted by Crippen LogP contribution is 2.36. The first kappa shape index (κ1) is 35.1. The van der Waals surface area contributed by atoms with Gasteiger partial charge < -0.3 is 10.1 Å². The molecule has 4 bridgehead atoms. The van der Waals surface area contributed by atoms with E-state index < -0.39 is 44.6 Å². The Hall–Kier alpha value is -4.71. The van der Waals surface area contributed by atoms with Gasteiger partial charge in [0, 0.05) is 35.6 Å². The number of hydrogen-bond acceptors (Lipinski definition) is 6. The molecule has 1 aliphatic heterocycles. The summed E-state index contributed by atoms with van der Waals surface area (Å²) in [6.07, 6.45) is 3.58. The van der Waals surface area contributed by atoms with Crippen molar-refractivity contribution in [3.63, 3.8) is 0 Å². The Bertz CT molecular complexity index is 2220. The highest BCUT2D eigenvalue weighted by atomic mass is 32.2. The molecule has 1 aliphatic rings. The van der Waals surface area contributed by atoms with Gasteiger partial charge in [-0.15, -0.1) is 0 Å². The van der Waals surface area contributed by atoms with Crippen LogP contribution in [0.2, 0.25) is 0 Å². The fraction of sp³-hybridized carbons (Fsp3) is 0.368. The third-order valence-corrected chi connectivity index (χ3v) is 11.7. The van der Waals surface area contributed by atoms with Crippen molar-refractivity contribution in [3.05, 3.63) is 106 Å². The molecular weight excluding hydrogens is 663 g/mol. The van der Waals surface area contributed by atoms with Crippen molar-refractivity contribution in [2.45, 2.75) is 58.8 Å². The van der Waals surface area contributed by atoms with Crippen molar-refractivity contribution in [2.75, 3.05) is 11.5 Å². The molecule has 5 aromatic rings. The van der Waals surface area contributed by atoms with Crippen LogP contribution in [-0.4, -0.2) is 56.5 Å². The number of nitrogens with one attached hydrogen (secondary N) is 1. The largest absolute Gasteiger partial charge is 0.481 e. The molecule has 0 aliphatic carbocycles. The van der Waals surface area contributed by atoms with Crippen molar-refractivity contribution >= 4 is 32.5 Å². The van der Waals surface area contributed by atoms with E-state index in [9.17, 15) is 23.1 Å². The minimum Gasteiger partial charge on any atom is -0.481 e. The summed E-state index contributed by atoms with van der Waals surface area (Å²) >= 11 is 0. The minimum atomic E-state index is -3.65. The Morgan fingerprint density at radius 3 is 2.66 bits per heavy atom. The number of H-pyrrole nitrogens is 1. The SMILES string of the molecule is C[C@@H](Cc1cccc(C2CCCC(C)(C)CS(=O)(=O)CCc3c(c(F)cc4[nH]ccc34)C(=O)c3ccc(F)c(c3)-c3nc2nn3C)c1)C(=O)O. The molecule has 1 unspecified atom stereocenters. The van der Waals surface area contributed by atoms with Crippen LogP contribution in [0.3, 0.4) is 0 Å². The number of carboxylic acids is 1. The zero-order valence-corrected chi connectivity index (χ0v) is 29.3. The second-order valence-electron chi connectivity index (χ2n) is 14.2. The average molecular weight is 703 g/mol. The van der Waals surface area contributed by atoms with Crippen LogP contribution in [0.4, 0.5) is 8.78 Å². The van der Waals surface area contributed by atoms with Crippen LogP contribution in [0, 0.1) is 23.0 Å². The molecule has 3 aromatic carbocycles. The molecule has 9 nitrogen and oxygen atoms in total. The molecule has 50 heavy (non-hydrogen) atoms. The fourth-order valence-corrected chi connectivity index (χ4v) is 9.12. The number of carbonyl (C=O) groups is 2. The van der Waals surface area contributed by atoms with Crippen LogP contribution in [-0.2, 0) is 34.5 Å². The number of nitrogens with zero attached hydrogens (tertiary/aromatic N) is 3. The first-order valence-corrected chi connectivity index (χ1v) is 18.5. The first-order chi connectivity index (χ1) is 23.6. The second kappa shape index (κ2) is 13.5. The van der Waals surface area contributed by atoms with Crippen LogP contribution in [0.25, 0.3) is 22.3 Å². The quantitative estimate of drug-likeness (QED) is 0.205. The standard InChI is InChI=1S/C38H40F2N4O5S/c1-22(37(46)47)17-23-7-5-8-24(18-23)26-9-6-14-38(2,3)21-50(48,49)16-13-28-27-12-15-41-32(27)20-31(40)33(28)34(45)25-10-11-30(39)29(19-25)36-42-35(26)43-44(36)4/h5,7-8,10-12,15,18-20,22,26,41H,6,9,13-14,16-17,21H2,1-4H3,(H,46,47)/t22-,26?/m0/s1. The molecule has 0 saturated heterocycles. The van der Waals surface area contributed by atoms with Gasteiger partial charge in [-0.25, -0.2) is 26.9 Å². The van der Waals surface area contributed by atoms with Gasteiger partial charge in [0.15, 0.2) is 27.3 Å². The summed E-state index contributed by atoms with van der Waals surface area (Å²) in [6, 6.07) is 14.3. The maximum absolute atomic E-state index is 15.8. The van der Waals surface area contributed by atoms with Crippen LogP contribution in [0.1, 0.15) is 84.4 Å². The lowest BCUT2D eigenvalue weighted by Gasteiger charge is -2.26. The lowest BCUT2D eigenvalue weighted by molar-refractivity contribution is -0.141. The number of halogens is 2. The number of aromatic nitrogens is 4. The van der Waals surface area contributed by atoms with E-state index in [4.69, 9.17) is 10.1 Å². The molecular formula is C38H40F2N4O5S. The van der Waals surface area contributed by atoms with Gasteiger partial charge in [-0.3, -0.25) is 9.59 Å². The van der Waals surface area contributed by atoms with Crippen LogP contribution in [0.5, 0.6) is 0 Å². The fourth-order valence-electron chi connectivity index (χ4n) is 7.12. The molecule has 2 aromatic heterocycles. The zero-order valence-electron chi connectivity index (χ0n) is 28.5. The van der Waals surface area contributed by atoms with Crippen molar-refractivity contribution in [2.24, 2.45) is 18.4 Å². The summed E-state index contributed by atoms with van der Waals surface area (Å²) in [5.74, 6) is -3.81. The first-order valence-electron chi connectivity index (χ1n) is 16.7. The molecule has 0 amide bonds. The molecule has 0 spiro atoms. The van der Waals surface area contributed by atoms with E-state index in [2.05, 4.69) is 4.98 Å². The van der Waals surface area contributed by atoms with E-state index in [-0.39, 0.29) is 51.9 Å². The number of hydrogen-bond donors (Lipinski definition) is 2. The third-order valence-electron chi connectivity index (χ3n) is 9.64. The van der Waals surface area contributed by atoms with Gasteiger partial charge in [0.2, 0.25) is 0 Å². The van der Waals surface area contributed by atoms with Crippen molar-refractivity contribution in [3.8, 4) is 11.4 Å². The van der Waals surface area contributed by atoms with Crippen molar-refractivity contribution in [1.82, 2.24) is 19.7 Å². The van der Waals surface area contributed by atoms with Gasteiger partial charge in [-0.1, -0.05) is 51.5 Å². The summed E-state index contributed by atoms with van der Waals surface area (Å²) in [5, 5.41) is 14.7. The van der Waals surface area contributed by atoms with E-state index in [0.717, 1.165) is 17.2 Å². The molecule has 0 radical (unpaired) electrons. The van der Waals surface area contributed by atoms with E-state index in [1.165, 1.54) is 22.9 Å². The van der Waals surface area contributed by atoms with Gasteiger partial charge in [-0.05, 0) is 78.1 Å². The second-order valence-corrected chi connectivity index (χ2v) is 16.4. The average Bonchev–Trinajstić information content (AvgIpc) is 3.67. The molecule has 2 atom stereocenters. The minimum absolute atomic E-state index is 0.00870. The highest BCUT2D eigenvalue weighted by Gasteiger charge is 2.31. The van der Waals surface area contributed by atoms with E-state index in [1.807, 2.05) is 38.1 Å². The van der Waals surface area contributed by atoms with Gasteiger partial charge in [0.25, 0.3) is 0 Å². The topological polar surface area (TPSA) is 135 Å².